The molecule has 1 aromatic rings. The normalized spacial score (nSPS) is 21.2. The predicted octanol–water partition coefficient (Wildman–Crippen LogP) is 2.95. The van der Waals surface area contributed by atoms with E-state index in [0.29, 0.717) is 6.10 Å². The molecule has 0 saturated heterocycles. The van der Waals surface area contributed by atoms with Gasteiger partial charge in [-0.25, -0.2) is 0 Å². The molecule has 1 nitrogen and oxygen atoms in total. The van der Waals surface area contributed by atoms with Gasteiger partial charge < -0.3 is 4.74 Å². The van der Waals surface area contributed by atoms with Crippen LogP contribution >= 0.6 is 15.9 Å². The number of ether oxygens (including phenoxy) is 1. The summed E-state index contributed by atoms with van der Waals surface area (Å²) in [5, 5.41) is 0. The maximum Gasteiger partial charge on any atom is 0.0614 e. The first-order valence-corrected chi connectivity index (χ1v) is 5.39. The third kappa shape index (κ3) is 1.94. The topological polar surface area (TPSA) is 9.23 Å². The molecule has 70 valence electrons. The SMILES string of the molecule is COC1CCc2ccc(Br)cc2C1. The van der Waals surface area contributed by atoms with Gasteiger partial charge in [0.1, 0.15) is 0 Å². The number of aryl methyl sites for hydroxylation is 1. The molecule has 0 heterocycles. The molecule has 1 aromatic carbocycles. The second-order valence-electron chi connectivity index (χ2n) is 3.51. The quantitative estimate of drug-likeness (QED) is 0.734. The van der Waals surface area contributed by atoms with Gasteiger partial charge in [0.2, 0.25) is 0 Å². The van der Waals surface area contributed by atoms with Crippen LogP contribution in [0.1, 0.15) is 17.5 Å². The van der Waals surface area contributed by atoms with Crippen molar-refractivity contribution in [3.8, 4) is 0 Å². The van der Waals surface area contributed by atoms with E-state index in [1.165, 1.54) is 15.6 Å². The van der Waals surface area contributed by atoms with Crippen LogP contribution in [-0.4, -0.2) is 13.2 Å². The summed E-state index contributed by atoms with van der Waals surface area (Å²) in [4.78, 5) is 0. The Morgan fingerprint density at radius 2 is 2.23 bits per heavy atom. The monoisotopic (exact) mass is 240 g/mol. The number of hydrogen-bond acceptors (Lipinski definition) is 1. The molecule has 0 spiro atoms. The number of rotatable bonds is 1. The van der Waals surface area contributed by atoms with Gasteiger partial charge in [-0.1, -0.05) is 22.0 Å². The summed E-state index contributed by atoms with van der Waals surface area (Å²) in [6, 6.07) is 6.54. The largest absolute Gasteiger partial charge is 0.381 e. The molecule has 0 aliphatic heterocycles. The van der Waals surface area contributed by atoms with E-state index in [4.69, 9.17) is 4.74 Å². The lowest BCUT2D eigenvalue weighted by Gasteiger charge is -2.23. The van der Waals surface area contributed by atoms with Gasteiger partial charge in [-0.3, -0.25) is 0 Å². The van der Waals surface area contributed by atoms with Crippen molar-refractivity contribution in [3.63, 3.8) is 0 Å². The number of methoxy groups -OCH3 is 1. The van der Waals surface area contributed by atoms with Gasteiger partial charge in [0.15, 0.2) is 0 Å². The number of fused-ring (bicyclic) bond motifs is 1. The molecule has 1 unspecified atom stereocenters. The van der Waals surface area contributed by atoms with E-state index >= 15 is 0 Å². The van der Waals surface area contributed by atoms with Gasteiger partial charge in [-0.15, -0.1) is 0 Å². The fourth-order valence-electron chi connectivity index (χ4n) is 1.89. The Hall–Kier alpha value is -0.340. The third-order valence-corrected chi connectivity index (χ3v) is 3.18. The van der Waals surface area contributed by atoms with Gasteiger partial charge in [0, 0.05) is 11.6 Å². The maximum absolute atomic E-state index is 5.37. The zero-order chi connectivity index (χ0) is 9.26. The standard InChI is InChI=1S/C11H13BrO/c1-13-11-5-3-8-2-4-10(12)6-9(8)7-11/h2,4,6,11H,3,5,7H2,1H3. The van der Waals surface area contributed by atoms with Crippen LogP contribution in [0.2, 0.25) is 0 Å². The van der Waals surface area contributed by atoms with Crippen LogP contribution in [0.25, 0.3) is 0 Å². The predicted molar refractivity (Wildman–Crippen MR) is 57.0 cm³/mol. The minimum atomic E-state index is 0.418. The highest BCUT2D eigenvalue weighted by molar-refractivity contribution is 9.10. The number of benzene rings is 1. The highest BCUT2D eigenvalue weighted by atomic mass is 79.9. The lowest BCUT2D eigenvalue weighted by molar-refractivity contribution is 0.0911. The molecule has 1 atom stereocenters. The van der Waals surface area contributed by atoms with Crippen molar-refractivity contribution in [3.05, 3.63) is 33.8 Å². The lowest BCUT2D eigenvalue weighted by atomic mass is 9.90. The summed E-state index contributed by atoms with van der Waals surface area (Å²) in [6.07, 6.45) is 3.79. The average molecular weight is 241 g/mol. The number of hydrogen-bond donors (Lipinski definition) is 0. The molecular weight excluding hydrogens is 228 g/mol. The number of halogens is 1. The smallest absolute Gasteiger partial charge is 0.0614 e. The van der Waals surface area contributed by atoms with Crippen LogP contribution in [0.3, 0.4) is 0 Å². The maximum atomic E-state index is 5.37. The van der Waals surface area contributed by atoms with Crippen molar-refractivity contribution in [2.75, 3.05) is 7.11 Å². The second-order valence-corrected chi connectivity index (χ2v) is 4.43. The van der Waals surface area contributed by atoms with Crippen molar-refractivity contribution in [1.82, 2.24) is 0 Å². The summed E-state index contributed by atoms with van der Waals surface area (Å²) in [7, 11) is 1.80. The van der Waals surface area contributed by atoms with Gasteiger partial charge in [0.05, 0.1) is 6.10 Å². The zero-order valence-electron chi connectivity index (χ0n) is 7.72. The van der Waals surface area contributed by atoms with Crippen LogP contribution in [0.15, 0.2) is 22.7 Å². The van der Waals surface area contributed by atoms with Crippen molar-refractivity contribution < 1.29 is 4.74 Å². The van der Waals surface area contributed by atoms with E-state index in [-0.39, 0.29) is 0 Å². The Morgan fingerprint density at radius 3 is 3.00 bits per heavy atom. The summed E-state index contributed by atoms with van der Waals surface area (Å²) in [6.45, 7) is 0. The van der Waals surface area contributed by atoms with Crippen molar-refractivity contribution in [2.45, 2.75) is 25.4 Å². The second kappa shape index (κ2) is 3.81. The van der Waals surface area contributed by atoms with Crippen LogP contribution < -0.4 is 0 Å². The fourth-order valence-corrected chi connectivity index (χ4v) is 2.30. The van der Waals surface area contributed by atoms with E-state index in [2.05, 4.69) is 34.1 Å². The molecule has 0 fully saturated rings. The lowest BCUT2D eigenvalue weighted by Crippen LogP contribution is -2.20. The van der Waals surface area contributed by atoms with Crippen molar-refractivity contribution >= 4 is 15.9 Å². The van der Waals surface area contributed by atoms with Crippen molar-refractivity contribution in [1.29, 1.82) is 0 Å². The van der Waals surface area contributed by atoms with E-state index in [1.807, 2.05) is 0 Å². The molecule has 1 aliphatic rings. The molecule has 2 heteroatoms. The summed E-state index contributed by atoms with van der Waals surface area (Å²) < 4.78 is 6.54. The Kier molecular flexibility index (Phi) is 2.70. The summed E-state index contributed by atoms with van der Waals surface area (Å²) >= 11 is 3.49. The molecule has 0 saturated carbocycles. The Balaban J connectivity index is 2.27. The molecule has 0 N–H and O–H groups in total. The van der Waals surface area contributed by atoms with Crippen molar-refractivity contribution in [2.24, 2.45) is 0 Å². The summed E-state index contributed by atoms with van der Waals surface area (Å²) in [5.41, 5.74) is 2.92. The fraction of sp³-hybridized carbons (Fsp3) is 0.455. The third-order valence-electron chi connectivity index (χ3n) is 2.68. The first kappa shape index (κ1) is 9.22. The molecule has 13 heavy (non-hydrogen) atoms. The Labute approximate surface area is 87.2 Å². The molecule has 2 rings (SSSR count). The van der Waals surface area contributed by atoms with Crippen LogP contribution in [0.4, 0.5) is 0 Å². The molecule has 1 aliphatic carbocycles. The minimum Gasteiger partial charge on any atom is -0.381 e. The zero-order valence-corrected chi connectivity index (χ0v) is 9.30. The van der Waals surface area contributed by atoms with Crippen LogP contribution in [-0.2, 0) is 17.6 Å². The van der Waals surface area contributed by atoms with Crippen LogP contribution in [0.5, 0.6) is 0 Å². The first-order chi connectivity index (χ1) is 6.29. The van der Waals surface area contributed by atoms with Gasteiger partial charge in [-0.2, -0.15) is 0 Å². The van der Waals surface area contributed by atoms with E-state index in [0.717, 1.165) is 19.3 Å². The van der Waals surface area contributed by atoms with Gasteiger partial charge in [-0.05, 0) is 42.5 Å². The summed E-state index contributed by atoms with van der Waals surface area (Å²) in [5.74, 6) is 0. The molecule has 0 aromatic heterocycles. The Morgan fingerprint density at radius 1 is 1.38 bits per heavy atom. The van der Waals surface area contributed by atoms with Gasteiger partial charge in [0.25, 0.3) is 0 Å². The molecule has 0 amide bonds. The van der Waals surface area contributed by atoms with Crippen LogP contribution in [0, 0.1) is 0 Å². The van der Waals surface area contributed by atoms with E-state index in [1.54, 1.807) is 7.11 Å². The molecule has 0 bridgehead atoms. The first-order valence-electron chi connectivity index (χ1n) is 4.59. The average Bonchev–Trinajstić information content (AvgIpc) is 2.16. The van der Waals surface area contributed by atoms with Gasteiger partial charge >= 0.3 is 0 Å². The molecule has 0 radical (unpaired) electrons. The Bertz CT molecular complexity index is 309. The highest BCUT2D eigenvalue weighted by Crippen LogP contribution is 2.25. The van der Waals surface area contributed by atoms with E-state index < -0.39 is 0 Å². The molecular formula is C11H13BrO. The minimum absolute atomic E-state index is 0.418. The highest BCUT2D eigenvalue weighted by Gasteiger charge is 2.17. The van der Waals surface area contributed by atoms with E-state index in [9.17, 15) is 0 Å².